The molecule has 3 aromatic carbocycles. The molecule has 27 heavy (non-hydrogen) atoms. The van der Waals surface area contributed by atoms with Gasteiger partial charge in [-0.2, -0.15) is 0 Å². The molecular weight excluding hydrogens is 399 g/mol. The van der Waals surface area contributed by atoms with Crippen LogP contribution in [0.25, 0.3) is 0 Å². The summed E-state index contributed by atoms with van der Waals surface area (Å²) in [5, 5.41) is 0.794. The SMILES string of the molecule is Cc1c(Cl)ccc(Cc2c(F)ccc(Cc3cccc(F)c3F)c2F)c1Cl. The van der Waals surface area contributed by atoms with Crippen LogP contribution in [0.4, 0.5) is 17.6 Å². The van der Waals surface area contributed by atoms with Crippen LogP contribution in [0.15, 0.2) is 42.5 Å². The fourth-order valence-electron chi connectivity index (χ4n) is 2.88. The second-order valence-electron chi connectivity index (χ2n) is 6.21. The van der Waals surface area contributed by atoms with Crippen molar-refractivity contribution >= 4 is 23.2 Å². The van der Waals surface area contributed by atoms with Gasteiger partial charge in [0.05, 0.1) is 0 Å². The molecule has 0 unspecified atom stereocenters. The number of hydrogen-bond donors (Lipinski definition) is 0. The molecule has 0 bridgehead atoms. The van der Waals surface area contributed by atoms with Crippen molar-refractivity contribution in [2.45, 2.75) is 19.8 Å². The van der Waals surface area contributed by atoms with Crippen molar-refractivity contribution in [2.24, 2.45) is 0 Å². The average Bonchev–Trinajstić information content (AvgIpc) is 2.64. The lowest BCUT2D eigenvalue weighted by atomic mass is 9.96. The van der Waals surface area contributed by atoms with E-state index in [1.807, 2.05) is 0 Å². The van der Waals surface area contributed by atoms with Gasteiger partial charge in [0.1, 0.15) is 11.6 Å². The maximum Gasteiger partial charge on any atom is 0.162 e. The Morgan fingerprint density at radius 2 is 1.37 bits per heavy atom. The van der Waals surface area contributed by atoms with Crippen molar-refractivity contribution in [2.75, 3.05) is 0 Å². The van der Waals surface area contributed by atoms with E-state index in [4.69, 9.17) is 23.2 Å². The van der Waals surface area contributed by atoms with E-state index in [1.54, 1.807) is 19.1 Å². The van der Waals surface area contributed by atoms with E-state index in [2.05, 4.69) is 0 Å². The maximum absolute atomic E-state index is 14.9. The van der Waals surface area contributed by atoms with E-state index in [9.17, 15) is 17.6 Å². The zero-order valence-corrected chi connectivity index (χ0v) is 15.7. The molecule has 0 fully saturated rings. The molecule has 0 aliphatic rings. The number of hydrogen-bond acceptors (Lipinski definition) is 0. The van der Waals surface area contributed by atoms with E-state index in [1.165, 1.54) is 18.2 Å². The summed E-state index contributed by atoms with van der Waals surface area (Å²) in [4.78, 5) is 0. The predicted octanol–water partition coefficient (Wildman–Crippen LogP) is 7.04. The molecule has 0 N–H and O–H groups in total. The van der Waals surface area contributed by atoms with Crippen LogP contribution in [-0.4, -0.2) is 0 Å². The first-order chi connectivity index (χ1) is 12.8. The summed E-state index contributed by atoms with van der Waals surface area (Å²) < 4.78 is 56.4. The highest BCUT2D eigenvalue weighted by Crippen LogP contribution is 2.31. The summed E-state index contributed by atoms with van der Waals surface area (Å²) in [6.45, 7) is 1.71. The van der Waals surface area contributed by atoms with Gasteiger partial charge >= 0.3 is 0 Å². The molecule has 0 atom stereocenters. The van der Waals surface area contributed by atoms with Gasteiger partial charge in [0.15, 0.2) is 11.6 Å². The molecule has 3 aromatic rings. The molecule has 0 aliphatic carbocycles. The van der Waals surface area contributed by atoms with Crippen molar-refractivity contribution in [3.63, 3.8) is 0 Å². The van der Waals surface area contributed by atoms with Crippen LogP contribution in [0, 0.1) is 30.2 Å². The molecule has 0 saturated carbocycles. The smallest absolute Gasteiger partial charge is 0.162 e. The Morgan fingerprint density at radius 1 is 0.704 bits per heavy atom. The van der Waals surface area contributed by atoms with Gasteiger partial charge in [0, 0.05) is 28.5 Å². The van der Waals surface area contributed by atoms with E-state index < -0.39 is 23.3 Å². The number of rotatable bonds is 4. The normalized spacial score (nSPS) is 11.1. The van der Waals surface area contributed by atoms with E-state index >= 15 is 0 Å². The van der Waals surface area contributed by atoms with Crippen LogP contribution in [0.3, 0.4) is 0 Å². The lowest BCUT2D eigenvalue weighted by Gasteiger charge is -2.13. The Balaban J connectivity index is 1.99. The summed E-state index contributed by atoms with van der Waals surface area (Å²) in [5.41, 5.74) is 1.01. The van der Waals surface area contributed by atoms with Crippen LogP contribution in [0.5, 0.6) is 0 Å². The number of halogens is 6. The molecule has 0 aliphatic heterocycles. The van der Waals surface area contributed by atoms with Crippen LogP contribution < -0.4 is 0 Å². The molecule has 140 valence electrons. The number of benzene rings is 3. The van der Waals surface area contributed by atoms with Gasteiger partial charge in [-0.15, -0.1) is 0 Å². The quantitative estimate of drug-likeness (QED) is 0.403. The zero-order valence-electron chi connectivity index (χ0n) is 14.2. The highest BCUT2D eigenvalue weighted by atomic mass is 35.5. The van der Waals surface area contributed by atoms with Crippen molar-refractivity contribution < 1.29 is 17.6 Å². The van der Waals surface area contributed by atoms with Gasteiger partial charge in [-0.05, 0) is 47.4 Å². The van der Waals surface area contributed by atoms with Crippen molar-refractivity contribution in [1.82, 2.24) is 0 Å². The summed E-state index contributed by atoms with van der Waals surface area (Å²) >= 11 is 12.2. The van der Waals surface area contributed by atoms with Gasteiger partial charge < -0.3 is 0 Å². The molecule has 6 heteroatoms. The Hall–Kier alpha value is -2.04. The monoisotopic (exact) mass is 412 g/mol. The minimum absolute atomic E-state index is 0.00757. The fourth-order valence-corrected chi connectivity index (χ4v) is 3.32. The van der Waals surface area contributed by atoms with E-state index in [0.29, 0.717) is 21.2 Å². The molecule has 3 rings (SSSR count). The first kappa shape index (κ1) is 19.7. The zero-order chi connectivity index (χ0) is 19.7. The van der Waals surface area contributed by atoms with E-state index in [0.717, 1.165) is 12.1 Å². The van der Waals surface area contributed by atoms with Gasteiger partial charge in [-0.1, -0.05) is 47.5 Å². The summed E-state index contributed by atoms with van der Waals surface area (Å²) in [6.07, 6.45) is -0.288. The second-order valence-corrected chi connectivity index (χ2v) is 7.00. The Bertz CT molecular complexity index is 1020. The average molecular weight is 413 g/mol. The van der Waals surface area contributed by atoms with Gasteiger partial charge in [0.2, 0.25) is 0 Å². The lowest BCUT2D eigenvalue weighted by molar-refractivity contribution is 0.499. The summed E-state index contributed by atoms with van der Waals surface area (Å²) in [7, 11) is 0. The molecule has 0 amide bonds. The third-order valence-electron chi connectivity index (χ3n) is 4.45. The van der Waals surface area contributed by atoms with E-state index in [-0.39, 0.29) is 29.5 Å². The van der Waals surface area contributed by atoms with Crippen LogP contribution in [-0.2, 0) is 12.8 Å². The predicted molar refractivity (Wildman–Crippen MR) is 99.5 cm³/mol. The van der Waals surface area contributed by atoms with Gasteiger partial charge in [0.25, 0.3) is 0 Å². The largest absolute Gasteiger partial charge is 0.207 e. The standard InChI is InChI=1S/C21H14Cl2F4/c1-11-16(22)7-5-12(19(11)23)10-15-17(24)8-6-14(20(15)26)9-13-3-2-4-18(25)21(13)27/h2-8H,9-10H2,1H3. The topological polar surface area (TPSA) is 0 Å². The highest BCUT2D eigenvalue weighted by Gasteiger charge is 2.18. The lowest BCUT2D eigenvalue weighted by Crippen LogP contribution is -2.05. The molecule has 0 spiro atoms. The van der Waals surface area contributed by atoms with Gasteiger partial charge in [-0.25, -0.2) is 17.6 Å². The first-order valence-corrected chi connectivity index (χ1v) is 8.87. The molecule has 0 saturated heterocycles. The Morgan fingerprint density at radius 3 is 2.11 bits per heavy atom. The maximum atomic E-state index is 14.9. The van der Waals surface area contributed by atoms with Crippen LogP contribution >= 0.6 is 23.2 Å². The minimum Gasteiger partial charge on any atom is -0.207 e. The molecule has 0 heterocycles. The third-order valence-corrected chi connectivity index (χ3v) is 5.38. The van der Waals surface area contributed by atoms with Crippen molar-refractivity contribution in [1.29, 1.82) is 0 Å². The summed E-state index contributed by atoms with van der Waals surface area (Å²) in [6, 6.07) is 9.24. The Kier molecular flexibility index (Phi) is 5.78. The second kappa shape index (κ2) is 7.91. The molecule has 0 radical (unpaired) electrons. The van der Waals surface area contributed by atoms with Crippen molar-refractivity contribution in [3.05, 3.63) is 104 Å². The van der Waals surface area contributed by atoms with Crippen LogP contribution in [0.1, 0.15) is 27.8 Å². The fraction of sp³-hybridized carbons (Fsp3) is 0.143. The summed E-state index contributed by atoms with van der Waals surface area (Å²) in [5.74, 6) is -3.60. The molecule has 0 nitrogen and oxygen atoms in total. The highest BCUT2D eigenvalue weighted by molar-refractivity contribution is 6.36. The van der Waals surface area contributed by atoms with Crippen LogP contribution in [0.2, 0.25) is 10.0 Å². The van der Waals surface area contributed by atoms with Gasteiger partial charge in [-0.3, -0.25) is 0 Å². The third kappa shape index (κ3) is 3.97. The van der Waals surface area contributed by atoms with Crippen molar-refractivity contribution in [3.8, 4) is 0 Å². The first-order valence-electron chi connectivity index (χ1n) is 8.11. The molecule has 0 aromatic heterocycles. The minimum atomic E-state index is -1.04. The Labute approximate surface area is 164 Å². The molecular formula is C21H14Cl2F4.